The molecule has 0 fully saturated rings. The van der Waals surface area contributed by atoms with E-state index in [9.17, 15) is 21.9 Å². The summed E-state index contributed by atoms with van der Waals surface area (Å²) >= 11 is 0. The molecule has 1 aromatic rings. The highest BCUT2D eigenvalue weighted by molar-refractivity contribution is 7.91. The van der Waals surface area contributed by atoms with Crippen LogP contribution < -0.4 is 5.32 Å². The number of nitrogens with one attached hydrogen (secondary N) is 1. The summed E-state index contributed by atoms with van der Waals surface area (Å²) in [6.45, 7) is 2.68. The number of benzene rings is 1. The van der Waals surface area contributed by atoms with Crippen LogP contribution in [-0.2, 0) is 19.7 Å². The Morgan fingerprint density at radius 1 is 1.10 bits per heavy atom. The lowest BCUT2D eigenvalue weighted by molar-refractivity contribution is 0.194. The highest BCUT2D eigenvalue weighted by Crippen LogP contribution is 2.16. The molecular weight excluding hydrogens is 302 g/mol. The van der Waals surface area contributed by atoms with E-state index in [0.29, 0.717) is 6.54 Å². The molecule has 1 unspecified atom stereocenters. The number of likely N-dealkylation sites (N-methyl/N-ethyl adjacent to an activating group) is 1. The molecule has 0 aromatic heterocycles. The first-order valence-electron chi connectivity index (χ1n) is 6.08. The fraction of sp³-hybridized carbons (Fsp3) is 0.500. The summed E-state index contributed by atoms with van der Waals surface area (Å²) in [7, 11) is -6.99. The molecular formula is C12H19NO5S2. The van der Waals surface area contributed by atoms with E-state index in [-0.39, 0.29) is 16.3 Å². The Hall–Kier alpha value is -0.960. The van der Waals surface area contributed by atoms with Crippen molar-refractivity contribution in [1.82, 2.24) is 5.32 Å². The monoisotopic (exact) mass is 321 g/mol. The Bertz CT molecular complexity index is 635. The van der Waals surface area contributed by atoms with Crippen LogP contribution in [0.5, 0.6) is 0 Å². The molecule has 2 N–H and O–H groups in total. The first kappa shape index (κ1) is 17.1. The van der Waals surface area contributed by atoms with Gasteiger partial charge in [-0.05, 0) is 30.8 Å². The van der Waals surface area contributed by atoms with Crippen LogP contribution in [0.1, 0.15) is 6.92 Å². The molecule has 1 aromatic carbocycles. The molecule has 0 bridgehead atoms. The molecule has 6 nitrogen and oxygen atoms in total. The van der Waals surface area contributed by atoms with Gasteiger partial charge in [-0.25, -0.2) is 16.8 Å². The summed E-state index contributed by atoms with van der Waals surface area (Å²) in [6.07, 6.45) is 0.0472. The Labute approximate surface area is 119 Å². The average Bonchev–Trinajstić information content (AvgIpc) is 2.35. The standard InChI is InChI=1S/C12H19NO5S2/c1-3-13-8-10(14)9-20(17,18)12-6-4-11(5-7-12)19(2,15)16/h4-7,10,13-14H,3,8-9H2,1-2H3. The second kappa shape index (κ2) is 6.66. The molecule has 0 saturated carbocycles. The second-order valence-corrected chi connectivity index (χ2v) is 8.54. The molecule has 0 amide bonds. The maximum absolute atomic E-state index is 12.0. The summed E-state index contributed by atoms with van der Waals surface area (Å²) in [5.41, 5.74) is 0. The minimum Gasteiger partial charge on any atom is -0.391 e. The van der Waals surface area contributed by atoms with E-state index in [2.05, 4.69) is 5.32 Å². The third-order valence-electron chi connectivity index (χ3n) is 2.65. The van der Waals surface area contributed by atoms with Gasteiger partial charge in [0, 0.05) is 12.8 Å². The highest BCUT2D eigenvalue weighted by Gasteiger charge is 2.20. The molecule has 20 heavy (non-hydrogen) atoms. The van der Waals surface area contributed by atoms with E-state index in [0.717, 1.165) is 6.26 Å². The summed E-state index contributed by atoms with van der Waals surface area (Å²) in [5, 5.41) is 12.5. The summed E-state index contributed by atoms with van der Waals surface area (Å²) in [5.74, 6) is -0.405. The maximum atomic E-state index is 12.0. The SMILES string of the molecule is CCNCC(O)CS(=O)(=O)c1ccc(S(C)(=O)=O)cc1. The lowest BCUT2D eigenvalue weighted by atomic mass is 10.4. The molecule has 0 spiro atoms. The van der Waals surface area contributed by atoms with Crippen molar-refractivity contribution in [3.8, 4) is 0 Å². The van der Waals surface area contributed by atoms with Gasteiger partial charge in [-0.1, -0.05) is 6.92 Å². The number of aliphatic hydroxyl groups is 1. The van der Waals surface area contributed by atoms with Crippen molar-refractivity contribution >= 4 is 19.7 Å². The topological polar surface area (TPSA) is 101 Å². The van der Waals surface area contributed by atoms with Gasteiger partial charge in [0.25, 0.3) is 0 Å². The van der Waals surface area contributed by atoms with Crippen LogP contribution in [-0.4, -0.2) is 53.1 Å². The van der Waals surface area contributed by atoms with Crippen molar-refractivity contribution in [1.29, 1.82) is 0 Å². The van der Waals surface area contributed by atoms with Gasteiger partial charge < -0.3 is 10.4 Å². The van der Waals surface area contributed by atoms with E-state index in [1.165, 1.54) is 24.3 Å². The van der Waals surface area contributed by atoms with Gasteiger partial charge in [0.1, 0.15) is 0 Å². The lowest BCUT2D eigenvalue weighted by Crippen LogP contribution is -2.32. The normalized spacial score (nSPS) is 14.2. The Morgan fingerprint density at radius 2 is 1.60 bits per heavy atom. The highest BCUT2D eigenvalue weighted by atomic mass is 32.2. The average molecular weight is 321 g/mol. The smallest absolute Gasteiger partial charge is 0.180 e. The van der Waals surface area contributed by atoms with E-state index in [1.54, 1.807) is 0 Å². The predicted molar refractivity (Wildman–Crippen MR) is 76.2 cm³/mol. The molecule has 1 atom stereocenters. The van der Waals surface area contributed by atoms with Gasteiger partial charge in [-0.15, -0.1) is 0 Å². The third-order valence-corrected chi connectivity index (χ3v) is 5.60. The van der Waals surface area contributed by atoms with E-state index in [4.69, 9.17) is 0 Å². The lowest BCUT2D eigenvalue weighted by Gasteiger charge is -2.11. The van der Waals surface area contributed by atoms with Crippen LogP contribution in [0.4, 0.5) is 0 Å². The number of aliphatic hydroxyl groups excluding tert-OH is 1. The van der Waals surface area contributed by atoms with Crippen molar-refractivity contribution in [3.05, 3.63) is 24.3 Å². The molecule has 0 aliphatic carbocycles. The molecule has 0 aliphatic rings. The van der Waals surface area contributed by atoms with Gasteiger partial charge in [0.05, 0.1) is 21.6 Å². The Balaban J connectivity index is 2.88. The number of sulfone groups is 2. The zero-order valence-corrected chi connectivity index (χ0v) is 13.0. The zero-order chi connectivity index (χ0) is 15.4. The van der Waals surface area contributed by atoms with Crippen LogP contribution in [0.25, 0.3) is 0 Å². The fourth-order valence-corrected chi connectivity index (χ4v) is 3.61. The third kappa shape index (κ3) is 4.86. The predicted octanol–water partition coefficient (Wildman–Crippen LogP) is -0.166. The minimum atomic E-state index is -3.64. The molecule has 0 saturated heterocycles. The van der Waals surface area contributed by atoms with Crippen LogP contribution in [0.3, 0.4) is 0 Å². The van der Waals surface area contributed by atoms with Gasteiger partial charge >= 0.3 is 0 Å². The van der Waals surface area contributed by atoms with Crippen LogP contribution in [0.2, 0.25) is 0 Å². The quantitative estimate of drug-likeness (QED) is 0.723. The largest absolute Gasteiger partial charge is 0.391 e. The second-order valence-electron chi connectivity index (χ2n) is 4.49. The van der Waals surface area contributed by atoms with E-state index in [1.807, 2.05) is 6.92 Å². The molecule has 0 heterocycles. The maximum Gasteiger partial charge on any atom is 0.180 e. The number of hydrogen-bond donors (Lipinski definition) is 2. The summed E-state index contributed by atoms with van der Waals surface area (Å²) < 4.78 is 46.6. The van der Waals surface area contributed by atoms with Gasteiger partial charge in [-0.3, -0.25) is 0 Å². The van der Waals surface area contributed by atoms with E-state index >= 15 is 0 Å². The summed E-state index contributed by atoms with van der Waals surface area (Å²) in [6, 6.07) is 4.98. The first-order valence-corrected chi connectivity index (χ1v) is 9.63. The number of rotatable bonds is 7. The van der Waals surface area contributed by atoms with Crippen molar-refractivity contribution in [2.24, 2.45) is 0 Å². The summed E-state index contributed by atoms with van der Waals surface area (Å²) in [4.78, 5) is 0.0603. The Kier molecular flexibility index (Phi) is 5.69. The molecule has 1 rings (SSSR count). The number of hydrogen-bond acceptors (Lipinski definition) is 6. The van der Waals surface area contributed by atoms with Gasteiger partial charge in [-0.2, -0.15) is 0 Å². The Morgan fingerprint density at radius 3 is 2.05 bits per heavy atom. The van der Waals surface area contributed by atoms with Crippen molar-refractivity contribution < 1.29 is 21.9 Å². The van der Waals surface area contributed by atoms with Crippen molar-refractivity contribution in [2.45, 2.75) is 22.8 Å². The fourth-order valence-electron chi connectivity index (χ4n) is 1.61. The molecule has 0 aliphatic heterocycles. The van der Waals surface area contributed by atoms with Crippen molar-refractivity contribution in [2.75, 3.05) is 25.1 Å². The van der Waals surface area contributed by atoms with E-state index < -0.39 is 31.5 Å². The first-order chi connectivity index (χ1) is 9.16. The minimum absolute atomic E-state index is 0.000415. The zero-order valence-electron chi connectivity index (χ0n) is 11.4. The molecule has 114 valence electrons. The molecule has 8 heteroatoms. The van der Waals surface area contributed by atoms with Gasteiger partial charge in [0.15, 0.2) is 19.7 Å². The van der Waals surface area contributed by atoms with Crippen molar-refractivity contribution in [3.63, 3.8) is 0 Å². The van der Waals surface area contributed by atoms with Crippen LogP contribution >= 0.6 is 0 Å². The van der Waals surface area contributed by atoms with Gasteiger partial charge in [0.2, 0.25) is 0 Å². The molecule has 0 radical (unpaired) electrons. The van der Waals surface area contributed by atoms with Crippen LogP contribution in [0, 0.1) is 0 Å². The van der Waals surface area contributed by atoms with Crippen LogP contribution in [0.15, 0.2) is 34.1 Å².